The number of nitrogens with one attached hydrogen (secondary N) is 1. The number of fused-ring (bicyclic) bond motifs is 1. The van der Waals surface area contributed by atoms with Crippen LogP contribution in [0.4, 0.5) is 0 Å². The van der Waals surface area contributed by atoms with Gasteiger partial charge in [0.2, 0.25) is 5.91 Å². The maximum atomic E-state index is 12.1. The Kier molecular flexibility index (Phi) is 5.34. The molecule has 23 heavy (non-hydrogen) atoms. The Morgan fingerprint density at radius 3 is 2.91 bits per heavy atom. The lowest BCUT2D eigenvalue weighted by Crippen LogP contribution is -2.33. The number of piperidine rings is 1. The van der Waals surface area contributed by atoms with Crippen molar-refractivity contribution in [3.05, 3.63) is 35.6 Å². The van der Waals surface area contributed by atoms with Crippen LogP contribution in [-0.4, -0.2) is 37.0 Å². The Labute approximate surface area is 137 Å². The first-order valence-electron chi connectivity index (χ1n) is 8.68. The number of aryl methyl sites for hydroxylation is 1. The van der Waals surface area contributed by atoms with Gasteiger partial charge in [-0.3, -0.25) is 4.79 Å². The first-order valence-corrected chi connectivity index (χ1v) is 8.68. The van der Waals surface area contributed by atoms with Crippen LogP contribution >= 0.6 is 0 Å². The number of carbonyl (C=O) groups is 1. The number of hydrogen-bond donors (Lipinski definition) is 1. The Balaban J connectivity index is 1.43. The van der Waals surface area contributed by atoms with Crippen molar-refractivity contribution in [2.45, 2.75) is 39.0 Å². The van der Waals surface area contributed by atoms with Gasteiger partial charge in [-0.2, -0.15) is 0 Å². The summed E-state index contributed by atoms with van der Waals surface area (Å²) in [4.78, 5) is 14.6. The molecule has 1 N–H and O–H groups in total. The molecule has 1 fully saturated rings. The van der Waals surface area contributed by atoms with E-state index in [4.69, 9.17) is 4.42 Å². The molecule has 0 aliphatic carbocycles. The molecule has 3 rings (SSSR count). The smallest absolute Gasteiger partial charge is 0.224 e. The summed E-state index contributed by atoms with van der Waals surface area (Å²) in [7, 11) is 0. The number of likely N-dealkylation sites (tertiary alicyclic amines) is 1. The van der Waals surface area contributed by atoms with E-state index in [-0.39, 0.29) is 5.91 Å². The van der Waals surface area contributed by atoms with Gasteiger partial charge in [-0.05, 0) is 57.5 Å². The normalized spacial score (nSPS) is 15.9. The molecule has 0 spiro atoms. The van der Waals surface area contributed by atoms with Crippen LogP contribution in [0.25, 0.3) is 11.0 Å². The van der Waals surface area contributed by atoms with Crippen molar-refractivity contribution in [2.24, 2.45) is 0 Å². The zero-order valence-electron chi connectivity index (χ0n) is 13.9. The third-order valence-corrected chi connectivity index (χ3v) is 4.58. The third kappa shape index (κ3) is 4.35. The Bertz CT molecular complexity index is 656. The van der Waals surface area contributed by atoms with Crippen molar-refractivity contribution in [3.8, 4) is 0 Å². The Morgan fingerprint density at radius 1 is 1.26 bits per heavy atom. The van der Waals surface area contributed by atoms with Crippen molar-refractivity contribution in [1.29, 1.82) is 0 Å². The quantitative estimate of drug-likeness (QED) is 0.832. The van der Waals surface area contributed by atoms with Crippen LogP contribution in [0.3, 0.4) is 0 Å². The van der Waals surface area contributed by atoms with Gasteiger partial charge in [0.1, 0.15) is 5.58 Å². The summed E-state index contributed by atoms with van der Waals surface area (Å²) in [6, 6.07) is 6.10. The van der Waals surface area contributed by atoms with Gasteiger partial charge in [0.15, 0.2) is 0 Å². The lowest BCUT2D eigenvalue weighted by molar-refractivity contribution is -0.120. The summed E-state index contributed by atoms with van der Waals surface area (Å²) < 4.78 is 5.55. The zero-order chi connectivity index (χ0) is 16.1. The highest BCUT2D eigenvalue weighted by Gasteiger charge is 2.11. The molecule has 1 aromatic carbocycles. The highest BCUT2D eigenvalue weighted by Crippen LogP contribution is 2.22. The topological polar surface area (TPSA) is 45.5 Å². The average Bonchev–Trinajstić information content (AvgIpc) is 2.94. The monoisotopic (exact) mass is 314 g/mol. The van der Waals surface area contributed by atoms with E-state index in [0.29, 0.717) is 6.42 Å². The first-order chi connectivity index (χ1) is 11.2. The third-order valence-electron chi connectivity index (χ3n) is 4.58. The standard InChI is InChI=1S/C19H26N2O2/c1-15-6-7-17-16(14-23-18(17)12-15)13-19(22)20-8-5-11-21-9-3-2-4-10-21/h6-7,12,14H,2-5,8-11,13H2,1H3,(H,20,22). The van der Waals surface area contributed by atoms with Crippen LogP contribution in [0.15, 0.2) is 28.9 Å². The predicted octanol–water partition coefficient (Wildman–Crippen LogP) is 3.28. The van der Waals surface area contributed by atoms with Crippen LogP contribution in [0, 0.1) is 6.92 Å². The number of benzene rings is 1. The lowest BCUT2D eigenvalue weighted by Gasteiger charge is -2.26. The molecular weight excluding hydrogens is 288 g/mol. The molecule has 0 bridgehead atoms. The van der Waals surface area contributed by atoms with Crippen molar-refractivity contribution < 1.29 is 9.21 Å². The number of amides is 1. The van der Waals surface area contributed by atoms with Crippen molar-refractivity contribution >= 4 is 16.9 Å². The van der Waals surface area contributed by atoms with E-state index < -0.39 is 0 Å². The number of carbonyl (C=O) groups excluding carboxylic acids is 1. The highest BCUT2D eigenvalue weighted by atomic mass is 16.3. The fourth-order valence-corrected chi connectivity index (χ4v) is 3.28. The summed E-state index contributed by atoms with van der Waals surface area (Å²) in [6.07, 6.45) is 7.12. The summed E-state index contributed by atoms with van der Waals surface area (Å²) in [5, 5.41) is 4.07. The van der Waals surface area contributed by atoms with Crippen LogP contribution in [0.2, 0.25) is 0 Å². The minimum atomic E-state index is 0.0759. The SMILES string of the molecule is Cc1ccc2c(CC(=O)NCCCN3CCCCC3)coc2c1. The summed E-state index contributed by atoms with van der Waals surface area (Å²) in [5.74, 6) is 0.0759. The maximum absolute atomic E-state index is 12.1. The minimum absolute atomic E-state index is 0.0759. The predicted molar refractivity (Wildman–Crippen MR) is 92.6 cm³/mol. The zero-order valence-corrected chi connectivity index (χ0v) is 13.9. The lowest BCUT2D eigenvalue weighted by atomic mass is 10.1. The minimum Gasteiger partial charge on any atom is -0.464 e. The van der Waals surface area contributed by atoms with Gasteiger partial charge in [0.25, 0.3) is 0 Å². The molecular formula is C19H26N2O2. The maximum Gasteiger partial charge on any atom is 0.224 e. The first kappa shape index (κ1) is 16.1. The average molecular weight is 314 g/mol. The molecule has 124 valence electrons. The number of hydrogen-bond acceptors (Lipinski definition) is 3. The second-order valence-corrected chi connectivity index (χ2v) is 6.54. The van der Waals surface area contributed by atoms with Gasteiger partial charge in [-0.25, -0.2) is 0 Å². The van der Waals surface area contributed by atoms with Crippen molar-refractivity contribution in [2.75, 3.05) is 26.2 Å². The highest BCUT2D eigenvalue weighted by molar-refractivity contribution is 5.87. The van der Waals surface area contributed by atoms with Gasteiger partial charge in [-0.1, -0.05) is 18.6 Å². The van der Waals surface area contributed by atoms with E-state index in [1.165, 1.54) is 37.9 Å². The summed E-state index contributed by atoms with van der Waals surface area (Å²) in [6.45, 7) is 6.32. The molecule has 1 saturated heterocycles. The van der Waals surface area contributed by atoms with Crippen molar-refractivity contribution in [3.63, 3.8) is 0 Å². The van der Waals surface area contributed by atoms with Crippen LogP contribution < -0.4 is 5.32 Å². The molecule has 2 aromatic rings. The molecule has 0 radical (unpaired) electrons. The van der Waals surface area contributed by atoms with Gasteiger partial charge in [-0.15, -0.1) is 0 Å². The van der Waals surface area contributed by atoms with E-state index >= 15 is 0 Å². The largest absolute Gasteiger partial charge is 0.464 e. The number of rotatable bonds is 6. The molecule has 4 nitrogen and oxygen atoms in total. The van der Waals surface area contributed by atoms with Crippen molar-refractivity contribution in [1.82, 2.24) is 10.2 Å². The summed E-state index contributed by atoms with van der Waals surface area (Å²) >= 11 is 0. The molecule has 4 heteroatoms. The van der Waals surface area contributed by atoms with E-state index in [0.717, 1.165) is 36.0 Å². The van der Waals surface area contributed by atoms with Gasteiger partial charge in [0.05, 0.1) is 12.7 Å². The van der Waals surface area contributed by atoms with E-state index in [2.05, 4.69) is 16.3 Å². The van der Waals surface area contributed by atoms with E-state index in [9.17, 15) is 4.79 Å². The van der Waals surface area contributed by atoms with Crippen LogP contribution in [-0.2, 0) is 11.2 Å². The molecule has 1 aliphatic heterocycles. The molecule has 2 heterocycles. The van der Waals surface area contributed by atoms with Crippen LogP contribution in [0.5, 0.6) is 0 Å². The van der Waals surface area contributed by atoms with E-state index in [1.807, 2.05) is 19.1 Å². The Morgan fingerprint density at radius 2 is 2.09 bits per heavy atom. The summed E-state index contributed by atoms with van der Waals surface area (Å²) in [5.41, 5.74) is 2.99. The molecule has 0 saturated carbocycles. The second-order valence-electron chi connectivity index (χ2n) is 6.54. The molecule has 1 aromatic heterocycles. The Hall–Kier alpha value is -1.81. The molecule has 0 unspecified atom stereocenters. The van der Waals surface area contributed by atoms with Gasteiger partial charge < -0.3 is 14.6 Å². The van der Waals surface area contributed by atoms with Gasteiger partial charge >= 0.3 is 0 Å². The van der Waals surface area contributed by atoms with Gasteiger partial charge in [0, 0.05) is 17.5 Å². The number of nitrogens with zero attached hydrogens (tertiary/aromatic N) is 1. The second kappa shape index (κ2) is 7.64. The molecule has 0 atom stereocenters. The fraction of sp³-hybridized carbons (Fsp3) is 0.526. The fourth-order valence-electron chi connectivity index (χ4n) is 3.28. The molecule has 1 amide bonds. The number of furan rings is 1. The van der Waals surface area contributed by atoms with E-state index in [1.54, 1.807) is 6.26 Å². The molecule has 1 aliphatic rings. The van der Waals surface area contributed by atoms with Crippen LogP contribution in [0.1, 0.15) is 36.8 Å².